The number of hydrogen-bond donors (Lipinski definition) is 1. The van der Waals surface area contributed by atoms with Gasteiger partial charge in [0.1, 0.15) is 0 Å². The molecule has 5 heteroatoms. The first-order valence-electron chi connectivity index (χ1n) is 7.48. The van der Waals surface area contributed by atoms with Crippen LogP contribution < -0.4 is 5.90 Å². The summed E-state index contributed by atoms with van der Waals surface area (Å²) in [7, 11) is 0. The zero-order chi connectivity index (χ0) is 16.4. The molecule has 0 amide bonds. The maximum absolute atomic E-state index is 5.86. The first-order valence-corrected chi connectivity index (χ1v) is 8.36. The third-order valence-corrected chi connectivity index (χ3v) is 4.72. The Labute approximate surface area is 139 Å². The molecule has 3 rings (SSSR count). The van der Waals surface area contributed by atoms with Gasteiger partial charge in [0.2, 0.25) is 0 Å². The summed E-state index contributed by atoms with van der Waals surface area (Å²) >= 11 is 1.73. The molecule has 3 aromatic rings. The summed E-state index contributed by atoms with van der Waals surface area (Å²) in [5.74, 6) is 4.43. The fourth-order valence-corrected chi connectivity index (χ4v) is 3.49. The molecule has 0 saturated carbocycles. The van der Waals surface area contributed by atoms with Crippen LogP contribution in [0.1, 0.15) is 32.4 Å². The molecule has 0 radical (unpaired) electrons. The highest BCUT2D eigenvalue weighted by Gasteiger charge is 2.22. The number of nitrogens with zero attached hydrogens (tertiary/aromatic N) is 1. The Balaban J connectivity index is 1.95. The number of hydrogen-bond acceptors (Lipinski definition) is 5. The topological polar surface area (TPSA) is 57.4 Å². The third kappa shape index (κ3) is 3.43. The van der Waals surface area contributed by atoms with Crippen LogP contribution in [0.15, 0.2) is 48.0 Å². The van der Waals surface area contributed by atoms with Gasteiger partial charge in [-0.05, 0) is 55.3 Å². The van der Waals surface area contributed by atoms with Crippen molar-refractivity contribution in [3.05, 3.63) is 53.5 Å². The lowest BCUT2D eigenvalue weighted by Crippen LogP contribution is -2.32. The lowest BCUT2D eigenvalue weighted by molar-refractivity contribution is -0.238. The van der Waals surface area contributed by atoms with Crippen LogP contribution in [0.4, 0.5) is 0 Å². The van der Waals surface area contributed by atoms with Crippen LogP contribution >= 0.6 is 11.3 Å². The van der Waals surface area contributed by atoms with E-state index in [1.165, 1.54) is 10.1 Å². The van der Waals surface area contributed by atoms with Crippen LogP contribution in [0.3, 0.4) is 0 Å². The van der Waals surface area contributed by atoms with E-state index in [0.717, 1.165) is 16.8 Å². The lowest BCUT2D eigenvalue weighted by atomic mass is 10.1. The monoisotopic (exact) mass is 328 g/mol. The Morgan fingerprint density at radius 2 is 2.04 bits per heavy atom. The predicted octanol–water partition coefficient (Wildman–Crippen LogP) is 4.67. The average Bonchev–Trinajstić information content (AvgIpc) is 3.03. The van der Waals surface area contributed by atoms with E-state index in [9.17, 15) is 0 Å². The van der Waals surface area contributed by atoms with Crippen molar-refractivity contribution in [1.82, 2.24) is 4.98 Å². The molecule has 0 fully saturated rings. The van der Waals surface area contributed by atoms with Gasteiger partial charge in [-0.1, -0.05) is 18.2 Å². The summed E-state index contributed by atoms with van der Waals surface area (Å²) < 4.78 is 7.11. The third-order valence-electron chi connectivity index (χ3n) is 3.75. The Hall–Kier alpha value is -1.79. The molecule has 0 aliphatic heterocycles. The van der Waals surface area contributed by atoms with E-state index in [4.69, 9.17) is 15.5 Å². The van der Waals surface area contributed by atoms with Crippen LogP contribution in [0.25, 0.3) is 21.3 Å². The van der Waals surface area contributed by atoms with Gasteiger partial charge < -0.3 is 4.74 Å². The number of benzene rings is 1. The minimum atomic E-state index is -0.837. The standard InChI is InChI=1S/C18H20N2O2S/c1-12(21-18(2,3)22-19)14-7-9-20-16(11-14)15-6-4-5-13-8-10-23-17(13)15/h4-12H,19H2,1-3H3. The lowest BCUT2D eigenvalue weighted by Gasteiger charge is -2.27. The van der Waals surface area contributed by atoms with Crippen molar-refractivity contribution < 1.29 is 9.57 Å². The molecule has 0 aliphatic carbocycles. The molecule has 2 N–H and O–H groups in total. The van der Waals surface area contributed by atoms with Gasteiger partial charge in [0.15, 0.2) is 5.79 Å². The quantitative estimate of drug-likeness (QED) is 0.546. The molecule has 120 valence electrons. The first kappa shape index (κ1) is 16.1. The van der Waals surface area contributed by atoms with E-state index in [1.54, 1.807) is 25.2 Å². The first-order chi connectivity index (χ1) is 11.0. The van der Waals surface area contributed by atoms with Crippen molar-refractivity contribution in [2.75, 3.05) is 0 Å². The fourth-order valence-electron chi connectivity index (χ4n) is 2.56. The second-order valence-corrected chi connectivity index (χ2v) is 6.81. The number of ether oxygens (including phenoxy) is 1. The summed E-state index contributed by atoms with van der Waals surface area (Å²) in [6.07, 6.45) is 1.66. The van der Waals surface area contributed by atoms with Gasteiger partial charge in [-0.25, -0.2) is 5.90 Å². The summed E-state index contributed by atoms with van der Waals surface area (Å²) in [6.45, 7) is 5.56. The molecule has 0 bridgehead atoms. The summed E-state index contributed by atoms with van der Waals surface area (Å²) in [5, 5.41) is 3.34. The number of nitrogens with two attached hydrogens (primary N) is 1. The average molecular weight is 328 g/mol. The van der Waals surface area contributed by atoms with E-state index in [-0.39, 0.29) is 6.10 Å². The number of rotatable bonds is 5. The van der Waals surface area contributed by atoms with Crippen molar-refractivity contribution in [3.8, 4) is 11.3 Å². The Bertz CT molecular complexity index is 813. The molecule has 1 aromatic carbocycles. The molecule has 2 heterocycles. The van der Waals surface area contributed by atoms with Crippen LogP contribution in [-0.2, 0) is 9.57 Å². The van der Waals surface area contributed by atoms with Crippen molar-refractivity contribution in [2.45, 2.75) is 32.7 Å². The Morgan fingerprint density at radius 1 is 1.22 bits per heavy atom. The maximum atomic E-state index is 5.86. The smallest absolute Gasteiger partial charge is 0.182 e. The summed E-state index contributed by atoms with van der Waals surface area (Å²) in [4.78, 5) is 9.39. The van der Waals surface area contributed by atoms with Gasteiger partial charge >= 0.3 is 0 Å². The van der Waals surface area contributed by atoms with Gasteiger partial charge in [-0.2, -0.15) is 0 Å². The van der Waals surface area contributed by atoms with Crippen LogP contribution in [-0.4, -0.2) is 10.8 Å². The van der Waals surface area contributed by atoms with Gasteiger partial charge in [-0.15, -0.1) is 11.3 Å². The number of pyridine rings is 1. The van der Waals surface area contributed by atoms with E-state index in [0.29, 0.717) is 0 Å². The molecular formula is C18H20N2O2S. The van der Waals surface area contributed by atoms with Gasteiger partial charge in [0.05, 0.1) is 11.8 Å². The zero-order valence-electron chi connectivity index (χ0n) is 13.4. The fraction of sp³-hybridized carbons (Fsp3) is 0.278. The molecule has 0 saturated heterocycles. The number of aromatic nitrogens is 1. The summed E-state index contributed by atoms with van der Waals surface area (Å²) in [6, 6.07) is 12.4. The van der Waals surface area contributed by atoms with Crippen molar-refractivity contribution in [2.24, 2.45) is 5.90 Å². The van der Waals surface area contributed by atoms with E-state index in [2.05, 4.69) is 40.7 Å². The highest BCUT2D eigenvalue weighted by atomic mass is 32.1. The van der Waals surface area contributed by atoms with Gasteiger partial charge in [0.25, 0.3) is 0 Å². The van der Waals surface area contributed by atoms with Crippen molar-refractivity contribution in [3.63, 3.8) is 0 Å². The zero-order valence-corrected chi connectivity index (χ0v) is 14.3. The van der Waals surface area contributed by atoms with E-state index >= 15 is 0 Å². The van der Waals surface area contributed by atoms with Crippen LogP contribution in [0, 0.1) is 0 Å². The molecular weight excluding hydrogens is 308 g/mol. The number of fused-ring (bicyclic) bond motifs is 1. The second-order valence-electron chi connectivity index (χ2n) is 5.90. The van der Waals surface area contributed by atoms with E-state index in [1.807, 2.05) is 19.2 Å². The number of thiophene rings is 1. The molecule has 1 atom stereocenters. The predicted molar refractivity (Wildman–Crippen MR) is 93.9 cm³/mol. The summed E-state index contributed by atoms with van der Waals surface area (Å²) in [5.41, 5.74) is 3.12. The molecule has 0 spiro atoms. The van der Waals surface area contributed by atoms with Crippen LogP contribution in [0.2, 0.25) is 0 Å². The van der Waals surface area contributed by atoms with Crippen molar-refractivity contribution >= 4 is 21.4 Å². The molecule has 0 aliphatic rings. The highest BCUT2D eigenvalue weighted by molar-refractivity contribution is 7.17. The minimum Gasteiger partial charge on any atom is -0.341 e. The normalized spacial score (nSPS) is 13.4. The SMILES string of the molecule is CC(OC(C)(C)ON)c1ccnc(-c2cccc3ccsc23)c1. The van der Waals surface area contributed by atoms with E-state index < -0.39 is 5.79 Å². The largest absolute Gasteiger partial charge is 0.341 e. The highest BCUT2D eigenvalue weighted by Crippen LogP contribution is 2.33. The maximum Gasteiger partial charge on any atom is 0.182 e. The second kappa shape index (κ2) is 6.37. The molecule has 4 nitrogen and oxygen atoms in total. The molecule has 1 unspecified atom stereocenters. The van der Waals surface area contributed by atoms with Gasteiger partial charge in [-0.3, -0.25) is 9.82 Å². The molecule has 2 aromatic heterocycles. The molecule has 23 heavy (non-hydrogen) atoms. The van der Waals surface area contributed by atoms with Gasteiger partial charge in [0, 0.05) is 16.5 Å². The van der Waals surface area contributed by atoms with Crippen LogP contribution in [0.5, 0.6) is 0 Å². The van der Waals surface area contributed by atoms with Crippen molar-refractivity contribution in [1.29, 1.82) is 0 Å². The Kier molecular flexibility index (Phi) is 4.46. The Morgan fingerprint density at radius 3 is 2.83 bits per heavy atom. The minimum absolute atomic E-state index is 0.155.